The van der Waals surface area contributed by atoms with Crippen molar-refractivity contribution in [2.75, 3.05) is 31.6 Å². The van der Waals surface area contributed by atoms with Gasteiger partial charge >= 0.3 is 0 Å². The summed E-state index contributed by atoms with van der Waals surface area (Å²) in [5.74, 6) is 1.07. The van der Waals surface area contributed by atoms with Crippen LogP contribution in [0.5, 0.6) is 0 Å². The summed E-state index contributed by atoms with van der Waals surface area (Å²) in [4.78, 5) is 33.7. The average molecular weight is 459 g/mol. The van der Waals surface area contributed by atoms with Crippen LogP contribution in [0.1, 0.15) is 48.1 Å². The minimum Gasteiger partial charge on any atom is -0.386 e. The summed E-state index contributed by atoms with van der Waals surface area (Å²) in [7, 11) is 1.75. The average Bonchev–Trinajstić information content (AvgIpc) is 3.41. The van der Waals surface area contributed by atoms with E-state index in [1.807, 2.05) is 37.4 Å². The van der Waals surface area contributed by atoms with Crippen molar-refractivity contribution in [1.82, 2.24) is 24.8 Å². The molecule has 1 saturated heterocycles. The minimum atomic E-state index is -1.00. The lowest BCUT2D eigenvalue weighted by molar-refractivity contribution is 0.0265. The monoisotopic (exact) mass is 458 g/mol. The first-order chi connectivity index (χ1) is 16.2. The molecule has 1 aromatic carbocycles. The predicted octanol–water partition coefficient (Wildman–Crippen LogP) is 3.65. The van der Waals surface area contributed by atoms with Gasteiger partial charge in [-0.2, -0.15) is 0 Å². The van der Waals surface area contributed by atoms with Crippen LogP contribution < -0.4 is 4.90 Å². The molecule has 1 amide bonds. The maximum atomic E-state index is 13.2. The summed E-state index contributed by atoms with van der Waals surface area (Å²) >= 11 is 0. The Morgan fingerprint density at radius 3 is 2.85 bits per heavy atom. The SMILES string of the molecule is Cc1cc(N2CC[C@](O)(CN(C)C(=O)c3ccc4nc(C(C)C)[nH]c4c3)C2)c2cnccc2n1. The Hall–Kier alpha value is -3.52. The van der Waals surface area contributed by atoms with Gasteiger partial charge in [0.05, 0.1) is 23.1 Å². The lowest BCUT2D eigenvalue weighted by Crippen LogP contribution is -2.45. The zero-order valence-electron chi connectivity index (χ0n) is 20.0. The number of aromatic nitrogens is 4. The number of H-pyrrole nitrogens is 1. The van der Waals surface area contributed by atoms with Crippen molar-refractivity contribution in [3.8, 4) is 0 Å². The number of aliphatic hydroxyl groups is 1. The highest BCUT2D eigenvalue weighted by molar-refractivity contribution is 5.97. The van der Waals surface area contributed by atoms with E-state index in [1.54, 1.807) is 24.2 Å². The molecule has 1 aliphatic rings. The summed E-state index contributed by atoms with van der Waals surface area (Å²) in [5.41, 5.74) is 4.11. The summed E-state index contributed by atoms with van der Waals surface area (Å²) in [6.07, 6.45) is 4.13. The number of carbonyl (C=O) groups excluding carboxylic acids is 1. The van der Waals surface area contributed by atoms with Crippen molar-refractivity contribution < 1.29 is 9.90 Å². The van der Waals surface area contributed by atoms with Crippen molar-refractivity contribution >= 4 is 33.5 Å². The number of hydrogen-bond donors (Lipinski definition) is 2. The molecule has 0 radical (unpaired) electrons. The number of fused-ring (bicyclic) bond motifs is 2. The number of benzene rings is 1. The molecular weight excluding hydrogens is 428 g/mol. The zero-order valence-corrected chi connectivity index (χ0v) is 20.0. The third-order valence-electron chi connectivity index (χ3n) is 6.56. The summed E-state index contributed by atoms with van der Waals surface area (Å²) in [6, 6.07) is 9.46. The topological polar surface area (TPSA) is 98.2 Å². The van der Waals surface area contributed by atoms with Crippen LogP contribution in [-0.4, -0.2) is 68.1 Å². The Kier molecular flexibility index (Phi) is 5.48. The molecule has 0 bridgehead atoms. The van der Waals surface area contributed by atoms with Crippen LogP contribution in [0.2, 0.25) is 0 Å². The van der Waals surface area contributed by atoms with E-state index in [0.29, 0.717) is 25.1 Å². The second-order valence-corrected chi connectivity index (χ2v) is 9.74. The molecule has 1 fully saturated rings. The van der Waals surface area contributed by atoms with Crippen LogP contribution in [-0.2, 0) is 0 Å². The number of imidazole rings is 1. The highest BCUT2D eigenvalue weighted by Gasteiger charge is 2.38. The number of amides is 1. The molecule has 1 aliphatic heterocycles. The van der Waals surface area contributed by atoms with Crippen LogP contribution in [0.15, 0.2) is 42.7 Å². The van der Waals surface area contributed by atoms with Crippen molar-refractivity contribution in [2.45, 2.75) is 38.7 Å². The Labute approximate surface area is 198 Å². The molecule has 2 N–H and O–H groups in total. The number of hydrogen-bond acceptors (Lipinski definition) is 6. The first-order valence-corrected chi connectivity index (χ1v) is 11.7. The third kappa shape index (κ3) is 4.09. The Balaban J connectivity index is 1.33. The van der Waals surface area contributed by atoms with E-state index in [1.165, 1.54) is 0 Å². The van der Waals surface area contributed by atoms with E-state index in [0.717, 1.165) is 39.1 Å². The molecule has 4 heterocycles. The number of rotatable bonds is 5. The highest BCUT2D eigenvalue weighted by atomic mass is 16.3. The van der Waals surface area contributed by atoms with Gasteiger partial charge in [0.2, 0.25) is 0 Å². The van der Waals surface area contributed by atoms with E-state index >= 15 is 0 Å². The van der Waals surface area contributed by atoms with Crippen LogP contribution in [0.4, 0.5) is 5.69 Å². The lowest BCUT2D eigenvalue weighted by Gasteiger charge is -2.29. The Morgan fingerprint density at radius 2 is 2.06 bits per heavy atom. The maximum Gasteiger partial charge on any atom is 0.253 e. The molecule has 4 aromatic rings. The fourth-order valence-corrected chi connectivity index (χ4v) is 4.80. The fourth-order valence-electron chi connectivity index (χ4n) is 4.80. The normalized spacial score (nSPS) is 18.4. The van der Waals surface area contributed by atoms with Crippen molar-refractivity contribution in [3.05, 3.63) is 59.8 Å². The number of likely N-dealkylation sites (N-methyl/N-ethyl adjacent to an activating group) is 1. The number of nitrogens with one attached hydrogen (secondary N) is 1. The van der Waals surface area contributed by atoms with E-state index in [-0.39, 0.29) is 18.4 Å². The smallest absolute Gasteiger partial charge is 0.253 e. The van der Waals surface area contributed by atoms with Crippen molar-refractivity contribution in [3.63, 3.8) is 0 Å². The Morgan fingerprint density at radius 1 is 1.24 bits per heavy atom. The number of aryl methyl sites for hydroxylation is 1. The first kappa shape index (κ1) is 22.3. The molecular formula is C26H30N6O2. The number of carbonyl (C=O) groups is 1. The second-order valence-electron chi connectivity index (χ2n) is 9.74. The van der Waals surface area contributed by atoms with Gasteiger partial charge in [0.15, 0.2) is 0 Å². The van der Waals surface area contributed by atoms with E-state index in [9.17, 15) is 9.90 Å². The van der Waals surface area contributed by atoms with Gasteiger partial charge in [-0.15, -0.1) is 0 Å². The van der Waals surface area contributed by atoms with Gasteiger partial charge in [-0.05, 0) is 43.7 Å². The number of anilines is 1. The fraction of sp³-hybridized carbons (Fsp3) is 0.385. The molecule has 3 aromatic heterocycles. The maximum absolute atomic E-state index is 13.2. The van der Waals surface area contributed by atoms with Gasteiger partial charge in [0.1, 0.15) is 11.4 Å². The van der Waals surface area contributed by atoms with Gasteiger partial charge in [-0.25, -0.2) is 4.98 Å². The third-order valence-corrected chi connectivity index (χ3v) is 6.56. The molecule has 8 heteroatoms. The molecule has 0 saturated carbocycles. The molecule has 5 rings (SSSR count). The van der Waals surface area contributed by atoms with Crippen molar-refractivity contribution in [1.29, 1.82) is 0 Å². The zero-order chi connectivity index (χ0) is 24.0. The van der Waals surface area contributed by atoms with Gasteiger partial charge in [-0.1, -0.05) is 13.8 Å². The molecule has 8 nitrogen and oxygen atoms in total. The highest BCUT2D eigenvalue weighted by Crippen LogP contribution is 2.32. The standard InChI is InChI=1S/C26H30N6O2/c1-16(2)24-29-21-6-5-18(12-22(21)30-24)25(33)31(4)14-26(34)8-10-32(15-26)23-11-17(3)28-20-7-9-27-13-19(20)23/h5-7,9,11-13,16,34H,8,10,14-15H2,1-4H3,(H,29,30)/t26-/m0/s1. The van der Waals surface area contributed by atoms with E-state index in [4.69, 9.17) is 0 Å². The Bertz CT molecular complexity index is 1380. The van der Waals surface area contributed by atoms with Crippen LogP contribution in [0.25, 0.3) is 21.9 Å². The molecule has 1 atom stereocenters. The summed E-state index contributed by atoms with van der Waals surface area (Å²) < 4.78 is 0. The predicted molar refractivity (Wildman–Crippen MR) is 133 cm³/mol. The molecule has 176 valence electrons. The number of pyridine rings is 2. The second kappa shape index (κ2) is 8.36. The molecule has 34 heavy (non-hydrogen) atoms. The van der Waals surface area contributed by atoms with Gasteiger partial charge in [0, 0.05) is 60.8 Å². The largest absolute Gasteiger partial charge is 0.386 e. The summed E-state index contributed by atoms with van der Waals surface area (Å²) in [6.45, 7) is 7.52. The van der Waals surface area contributed by atoms with Crippen LogP contribution in [0.3, 0.4) is 0 Å². The van der Waals surface area contributed by atoms with E-state index < -0.39 is 5.60 Å². The van der Waals surface area contributed by atoms with Crippen LogP contribution in [0, 0.1) is 6.92 Å². The molecule has 0 unspecified atom stereocenters. The first-order valence-electron chi connectivity index (χ1n) is 11.7. The van der Waals surface area contributed by atoms with Crippen molar-refractivity contribution in [2.24, 2.45) is 0 Å². The summed E-state index contributed by atoms with van der Waals surface area (Å²) in [5, 5.41) is 12.4. The molecule has 0 spiro atoms. The van der Waals surface area contributed by atoms with E-state index in [2.05, 4.69) is 38.7 Å². The lowest BCUT2D eigenvalue weighted by atomic mass is 10.0. The number of aromatic amines is 1. The van der Waals surface area contributed by atoms with Gasteiger partial charge in [0.25, 0.3) is 5.91 Å². The number of nitrogens with zero attached hydrogens (tertiary/aromatic N) is 5. The van der Waals surface area contributed by atoms with Gasteiger partial charge < -0.3 is 19.9 Å². The molecule has 0 aliphatic carbocycles. The minimum absolute atomic E-state index is 0.121. The van der Waals surface area contributed by atoms with Gasteiger partial charge in [-0.3, -0.25) is 14.8 Å². The number of β-amino-alcohol motifs (C(OH)–C–C–N with tert-alkyl or cyclic N) is 1. The quantitative estimate of drug-likeness (QED) is 0.474. The van der Waals surface area contributed by atoms with Crippen LogP contribution >= 0.6 is 0 Å².